The van der Waals surface area contributed by atoms with Crippen molar-refractivity contribution >= 4 is 35.4 Å². The molecule has 21 heteroatoms. The number of nitrogens with one attached hydrogen (secondary N) is 1. The molecule has 0 spiro atoms. The van der Waals surface area contributed by atoms with Gasteiger partial charge in [-0.05, 0) is 74.2 Å². The van der Waals surface area contributed by atoms with Crippen LogP contribution >= 0.6 is 0 Å². The van der Waals surface area contributed by atoms with Crippen LogP contribution in [0.4, 0.5) is 0 Å². The topological polar surface area (TPSA) is 244 Å². The predicted molar refractivity (Wildman–Crippen MR) is 309 cm³/mol. The van der Waals surface area contributed by atoms with Crippen molar-refractivity contribution in [2.45, 2.75) is 78.0 Å². The third-order valence-electron chi connectivity index (χ3n) is 14.3. The molecule has 4 aromatic carbocycles. The van der Waals surface area contributed by atoms with Crippen LogP contribution in [0.2, 0.25) is 0 Å². The van der Waals surface area contributed by atoms with E-state index < -0.39 is 86.3 Å². The smallest absolute Gasteiger partial charge is 0.243 e. The quantitative estimate of drug-likeness (QED) is 0.0597. The number of nitrogens with two attached hydrogens (primary N) is 1. The van der Waals surface area contributed by atoms with E-state index >= 15 is 14.4 Å². The highest BCUT2D eigenvalue weighted by Crippen LogP contribution is 2.26. The second kappa shape index (κ2) is 29.1. The molecule has 3 N–H and O–H groups in total. The molecule has 21 nitrogen and oxygen atoms in total. The monoisotopic (exact) mass is 1120 g/mol. The summed E-state index contributed by atoms with van der Waals surface area (Å²) in [6, 6.07) is 45.9. The van der Waals surface area contributed by atoms with Crippen LogP contribution < -0.4 is 11.1 Å². The first kappa shape index (κ1) is 59.4. The van der Waals surface area contributed by atoms with Crippen molar-refractivity contribution in [2.75, 3.05) is 39.3 Å². The number of hydrogen-bond donors (Lipinski definition) is 2. The van der Waals surface area contributed by atoms with E-state index in [1.54, 1.807) is 61.0 Å². The van der Waals surface area contributed by atoms with E-state index in [1.165, 1.54) is 24.5 Å². The van der Waals surface area contributed by atoms with Crippen LogP contribution in [0.5, 0.6) is 0 Å². The van der Waals surface area contributed by atoms with Gasteiger partial charge in [0.15, 0.2) is 0 Å². The molecule has 4 heterocycles. The van der Waals surface area contributed by atoms with Crippen molar-refractivity contribution in [3.05, 3.63) is 228 Å². The standard InChI is InChI=1S/C62H69N15O6/c1-45(49-21-9-5-10-22-49)66-33-58(79)71(34-55-38-73(69-67-55)36-53-29-17-19-31-64-53)41-61(82)77(48(4)52-27-15-8-16-28-52)44-62(83)76(47(3)51-25-13-7-14-26-51)43-59(80)72(35-56-39-74(70-68-56)37-54-30-18-20-32-65-54)42-60(81)75(40-57(63)78)46(2)50-23-11-6-12-24-50/h5-32,38-39,45-48,66H,33-37,40-44H2,1-4H3,(H2,63,78)/t45-,46-,47-,48-/m0/s1. The zero-order valence-corrected chi connectivity index (χ0v) is 47.0. The van der Waals surface area contributed by atoms with Gasteiger partial charge in [0.1, 0.15) is 37.6 Å². The number of primary amides is 1. The lowest BCUT2D eigenvalue weighted by Gasteiger charge is -2.36. The SMILES string of the molecule is C[C@H](NCC(=O)N(CC(=O)N(CC(=O)N(CC(=O)N(CC(=O)N(CC(N)=O)[C@@H](C)c1ccccc1)Cc1cn(Cc2ccccn2)nn1)[C@@H](C)c1ccccc1)[C@@H](C)c1ccccc1)Cc1cn(Cc2ccccn2)nn1)c1ccccc1. The molecule has 4 atom stereocenters. The van der Waals surface area contributed by atoms with E-state index in [0.29, 0.717) is 34.8 Å². The molecule has 428 valence electrons. The molecule has 4 aromatic heterocycles. The molecule has 0 aliphatic heterocycles. The average molecular weight is 1120 g/mol. The molecule has 0 saturated carbocycles. The molecule has 0 aliphatic rings. The normalized spacial score (nSPS) is 12.5. The summed E-state index contributed by atoms with van der Waals surface area (Å²) in [4.78, 5) is 103. The summed E-state index contributed by atoms with van der Waals surface area (Å²) in [5.74, 6) is -3.53. The van der Waals surface area contributed by atoms with E-state index in [9.17, 15) is 14.4 Å². The van der Waals surface area contributed by atoms with E-state index in [1.807, 2.05) is 159 Å². The third-order valence-corrected chi connectivity index (χ3v) is 14.3. The van der Waals surface area contributed by atoms with Gasteiger partial charge in [0.25, 0.3) is 0 Å². The minimum atomic E-state index is -0.750. The molecule has 83 heavy (non-hydrogen) atoms. The maximum Gasteiger partial charge on any atom is 0.243 e. The van der Waals surface area contributed by atoms with Crippen LogP contribution in [-0.2, 0) is 54.9 Å². The predicted octanol–water partition coefficient (Wildman–Crippen LogP) is 5.72. The number of pyridine rings is 2. The van der Waals surface area contributed by atoms with Gasteiger partial charge in [-0.3, -0.25) is 38.7 Å². The Hall–Kier alpha value is -9.76. The molecular weight excluding hydrogens is 1050 g/mol. The fourth-order valence-electron chi connectivity index (χ4n) is 9.58. The number of amides is 6. The summed E-state index contributed by atoms with van der Waals surface area (Å²) in [7, 11) is 0. The summed E-state index contributed by atoms with van der Waals surface area (Å²) in [6.45, 7) is 4.97. The molecule has 8 aromatic rings. The third kappa shape index (κ3) is 16.9. The van der Waals surface area contributed by atoms with Crippen molar-refractivity contribution < 1.29 is 28.8 Å². The summed E-state index contributed by atoms with van der Waals surface area (Å²) in [5, 5.41) is 20.6. The van der Waals surface area contributed by atoms with Crippen LogP contribution in [0.25, 0.3) is 0 Å². The number of carbonyl (C=O) groups is 6. The first-order chi connectivity index (χ1) is 40.2. The van der Waals surface area contributed by atoms with Gasteiger partial charge in [-0.2, -0.15) is 0 Å². The first-order valence-corrected chi connectivity index (χ1v) is 27.4. The van der Waals surface area contributed by atoms with Crippen molar-refractivity contribution in [1.82, 2.24) is 69.8 Å². The summed E-state index contributed by atoms with van der Waals surface area (Å²) < 4.78 is 3.17. The van der Waals surface area contributed by atoms with Crippen LogP contribution in [0.15, 0.2) is 183 Å². The zero-order chi connectivity index (χ0) is 58.7. The van der Waals surface area contributed by atoms with Gasteiger partial charge >= 0.3 is 0 Å². The van der Waals surface area contributed by atoms with Gasteiger partial charge in [0, 0.05) is 18.4 Å². The maximum absolute atomic E-state index is 15.5. The van der Waals surface area contributed by atoms with Gasteiger partial charge in [-0.25, -0.2) is 9.36 Å². The maximum atomic E-state index is 15.5. The molecule has 0 saturated heterocycles. The van der Waals surface area contributed by atoms with E-state index in [4.69, 9.17) is 5.73 Å². The Morgan fingerprint density at radius 1 is 0.434 bits per heavy atom. The highest BCUT2D eigenvalue weighted by atomic mass is 16.2. The Morgan fingerprint density at radius 2 is 0.795 bits per heavy atom. The molecule has 0 aliphatic carbocycles. The Kier molecular flexibility index (Phi) is 20.8. The van der Waals surface area contributed by atoms with Crippen molar-refractivity contribution in [3.8, 4) is 0 Å². The number of carbonyl (C=O) groups excluding carboxylic acids is 6. The number of hydrogen-bond acceptors (Lipinski definition) is 13. The van der Waals surface area contributed by atoms with Gasteiger partial charge in [0.05, 0.1) is 81.2 Å². The Bertz CT molecular complexity index is 3370. The molecule has 6 amide bonds. The Morgan fingerprint density at radius 3 is 1.19 bits per heavy atom. The number of aromatic nitrogens is 8. The molecule has 8 rings (SSSR count). The van der Waals surface area contributed by atoms with Gasteiger partial charge < -0.3 is 35.6 Å². The summed E-state index contributed by atoms with van der Waals surface area (Å²) in [6.07, 6.45) is 6.70. The first-order valence-electron chi connectivity index (χ1n) is 27.4. The lowest BCUT2D eigenvalue weighted by molar-refractivity contribution is -0.150. The van der Waals surface area contributed by atoms with Crippen molar-refractivity contribution in [2.24, 2.45) is 5.73 Å². The summed E-state index contributed by atoms with van der Waals surface area (Å²) >= 11 is 0. The molecule has 0 fully saturated rings. The molecule has 0 unspecified atom stereocenters. The molecule has 0 bridgehead atoms. The van der Waals surface area contributed by atoms with Crippen LogP contribution in [0.1, 0.15) is 96.9 Å². The fourth-order valence-corrected chi connectivity index (χ4v) is 9.58. The molecular formula is C62H69N15O6. The zero-order valence-electron chi connectivity index (χ0n) is 47.0. The Balaban J connectivity index is 1.10. The number of rotatable bonds is 28. The highest BCUT2D eigenvalue weighted by molar-refractivity contribution is 5.92. The average Bonchev–Trinajstić information content (AvgIpc) is 4.28. The van der Waals surface area contributed by atoms with Crippen molar-refractivity contribution in [1.29, 1.82) is 0 Å². The minimum Gasteiger partial charge on any atom is -0.368 e. The fraction of sp³-hybridized carbons (Fsp3) is 0.290. The lowest BCUT2D eigenvalue weighted by Crippen LogP contribution is -2.52. The highest BCUT2D eigenvalue weighted by Gasteiger charge is 2.34. The van der Waals surface area contributed by atoms with Crippen LogP contribution in [0.3, 0.4) is 0 Å². The van der Waals surface area contributed by atoms with Crippen LogP contribution in [-0.4, -0.2) is 139 Å². The van der Waals surface area contributed by atoms with E-state index in [2.05, 4.69) is 35.9 Å². The van der Waals surface area contributed by atoms with Gasteiger partial charge in [-0.1, -0.05) is 144 Å². The second-order valence-electron chi connectivity index (χ2n) is 20.3. The van der Waals surface area contributed by atoms with Gasteiger partial charge in [0.2, 0.25) is 35.4 Å². The minimum absolute atomic E-state index is 0.0895. The lowest BCUT2D eigenvalue weighted by atomic mass is 10.1. The van der Waals surface area contributed by atoms with Crippen molar-refractivity contribution in [3.63, 3.8) is 0 Å². The second-order valence-corrected chi connectivity index (χ2v) is 20.3. The van der Waals surface area contributed by atoms with E-state index in [0.717, 1.165) is 16.8 Å². The summed E-state index contributed by atoms with van der Waals surface area (Å²) in [5.41, 5.74) is 11.1. The Labute approximate surface area is 482 Å². The van der Waals surface area contributed by atoms with E-state index in [-0.39, 0.29) is 32.2 Å². The number of benzene rings is 4. The number of nitrogens with zero attached hydrogens (tertiary/aromatic N) is 13. The largest absolute Gasteiger partial charge is 0.368 e. The molecule has 0 radical (unpaired) electrons. The van der Waals surface area contributed by atoms with Crippen LogP contribution in [0, 0.1) is 0 Å². The van der Waals surface area contributed by atoms with Gasteiger partial charge in [-0.15, -0.1) is 10.2 Å².